The van der Waals surface area contributed by atoms with Gasteiger partial charge in [0.05, 0.1) is 11.1 Å². The van der Waals surface area contributed by atoms with Gasteiger partial charge in [0.25, 0.3) is 0 Å². The van der Waals surface area contributed by atoms with Gasteiger partial charge in [0.2, 0.25) is 0 Å². The van der Waals surface area contributed by atoms with Crippen molar-refractivity contribution in [3.8, 4) is 5.82 Å². The molecule has 0 fully saturated rings. The highest BCUT2D eigenvalue weighted by Crippen LogP contribution is 2.17. The fourth-order valence-electron chi connectivity index (χ4n) is 1.93. The van der Waals surface area contributed by atoms with Crippen LogP contribution in [0.25, 0.3) is 16.9 Å². The normalized spacial score (nSPS) is 10.8. The summed E-state index contributed by atoms with van der Waals surface area (Å²) in [5.41, 5.74) is 2.49. The number of carbonyl (C=O) groups is 1. The molecule has 0 saturated heterocycles. The van der Waals surface area contributed by atoms with E-state index in [9.17, 15) is 4.79 Å². The van der Waals surface area contributed by atoms with Crippen LogP contribution in [0.4, 0.5) is 0 Å². The lowest BCUT2D eigenvalue weighted by molar-refractivity contribution is 0.0696. The van der Waals surface area contributed by atoms with E-state index in [2.05, 4.69) is 15.3 Å². The first-order chi connectivity index (χ1) is 9.16. The number of aryl methyl sites for hydroxylation is 1. The molecule has 0 amide bonds. The Morgan fingerprint density at radius 3 is 2.84 bits per heavy atom. The van der Waals surface area contributed by atoms with Crippen molar-refractivity contribution in [1.29, 1.82) is 0 Å². The molecule has 2 heterocycles. The van der Waals surface area contributed by atoms with Gasteiger partial charge in [0.15, 0.2) is 5.82 Å². The number of aromatic nitrogens is 4. The van der Waals surface area contributed by atoms with Crippen molar-refractivity contribution in [2.45, 2.75) is 6.92 Å². The van der Waals surface area contributed by atoms with Gasteiger partial charge in [-0.3, -0.25) is 0 Å². The second-order valence-corrected chi connectivity index (χ2v) is 4.16. The molecular formula is C13H10N4O2. The minimum absolute atomic E-state index is 0.158. The van der Waals surface area contributed by atoms with Crippen LogP contribution in [0, 0.1) is 6.92 Å². The van der Waals surface area contributed by atoms with Crippen LogP contribution < -0.4 is 0 Å². The number of hydrogen-bond acceptors (Lipinski definition) is 4. The van der Waals surface area contributed by atoms with Gasteiger partial charge in [-0.15, -0.1) is 5.10 Å². The van der Waals surface area contributed by atoms with Crippen LogP contribution in [-0.4, -0.2) is 31.1 Å². The van der Waals surface area contributed by atoms with Crippen molar-refractivity contribution >= 4 is 17.0 Å². The fraction of sp³-hybridized carbons (Fsp3) is 0.0769. The minimum atomic E-state index is -0.995. The number of aromatic carboxylic acids is 1. The third kappa shape index (κ3) is 1.83. The Labute approximate surface area is 108 Å². The molecule has 1 N–H and O–H groups in total. The van der Waals surface area contributed by atoms with E-state index in [1.807, 2.05) is 24.3 Å². The molecule has 2 aromatic heterocycles. The number of rotatable bonds is 2. The average Bonchev–Trinajstić information content (AvgIpc) is 2.82. The molecule has 0 aliphatic heterocycles. The van der Waals surface area contributed by atoms with E-state index in [1.54, 1.807) is 17.7 Å². The summed E-state index contributed by atoms with van der Waals surface area (Å²) in [5, 5.41) is 17.0. The van der Waals surface area contributed by atoms with Crippen molar-refractivity contribution < 1.29 is 9.90 Å². The molecule has 0 atom stereocenters. The van der Waals surface area contributed by atoms with E-state index < -0.39 is 5.97 Å². The Morgan fingerprint density at radius 2 is 2.11 bits per heavy atom. The predicted molar refractivity (Wildman–Crippen MR) is 68.4 cm³/mol. The molecule has 0 aliphatic carbocycles. The molecule has 0 bridgehead atoms. The Kier molecular flexibility index (Phi) is 2.49. The summed E-state index contributed by atoms with van der Waals surface area (Å²) in [5.74, 6) is -0.413. The summed E-state index contributed by atoms with van der Waals surface area (Å²) in [6.07, 6.45) is 1.32. The van der Waals surface area contributed by atoms with E-state index >= 15 is 0 Å². The zero-order valence-electron chi connectivity index (χ0n) is 10.1. The fourth-order valence-corrected chi connectivity index (χ4v) is 1.93. The number of carboxylic acids is 1. The van der Waals surface area contributed by atoms with Gasteiger partial charge in [-0.05, 0) is 30.7 Å². The van der Waals surface area contributed by atoms with Crippen LogP contribution in [-0.2, 0) is 0 Å². The maximum absolute atomic E-state index is 10.9. The molecule has 6 nitrogen and oxygen atoms in total. The average molecular weight is 254 g/mol. The van der Waals surface area contributed by atoms with Crippen molar-refractivity contribution in [2.75, 3.05) is 0 Å². The molecule has 0 saturated carbocycles. The van der Waals surface area contributed by atoms with Crippen LogP contribution in [0.3, 0.4) is 0 Å². The summed E-state index contributed by atoms with van der Waals surface area (Å²) in [7, 11) is 0. The summed E-state index contributed by atoms with van der Waals surface area (Å²) in [4.78, 5) is 15.1. The zero-order chi connectivity index (χ0) is 13.4. The van der Waals surface area contributed by atoms with Crippen molar-refractivity contribution in [3.63, 3.8) is 0 Å². The lowest BCUT2D eigenvalue weighted by Crippen LogP contribution is -2.05. The van der Waals surface area contributed by atoms with Gasteiger partial charge < -0.3 is 5.11 Å². The number of benzene rings is 1. The van der Waals surface area contributed by atoms with Crippen molar-refractivity contribution in [1.82, 2.24) is 20.0 Å². The van der Waals surface area contributed by atoms with E-state index in [0.717, 1.165) is 16.6 Å². The van der Waals surface area contributed by atoms with Gasteiger partial charge in [0.1, 0.15) is 5.52 Å². The highest BCUT2D eigenvalue weighted by molar-refractivity contribution is 5.87. The van der Waals surface area contributed by atoms with Gasteiger partial charge in [-0.25, -0.2) is 9.78 Å². The summed E-state index contributed by atoms with van der Waals surface area (Å²) >= 11 is 0. The number of pyridine rings is 1. The van der Waals surface area contributed by atoms with Crippen LogP contribution in [0.1, 0.15) is 15.9 Å². The smallest absolute Gasteiger partial charge is 0.337 e. The molecule has 0 aliphatic rings. The molecule has 19 heavy (non-hydrogen) atoms. The molecule has 0 unspecified atom stereocenters. The van der Waals surface area contributed by atoms with Gasteiger partial charge >= 0.3 is 5.97 Å². The molecule has 6 heteroatoms. The Bertz CT molecular complexity index is 779. The Balaban J connectivity index is 2.19. The maximum atomic E-state index is 10.9. The number of nitrogens with zero attached hydrogens (tertiary/aromatic N) is 4. The molecule has 3 rings (SSSR count). The molecule has 0 radical (unpaired) electrons. The van der Waals surface area contributed by atoms with Gasteiger partial charge in [-0.2, -0.15) is 4.68 Å². The van der Waals surface area contributed by atoms with E-state index in [-0.39, 0.29) is 5.56 Å². The first-order valence-electron chi connectivity index (χ1n) is 5.67. The van der Waals surface area contributed by atoms with Crippen molar-refractivity contribution in [3.05, 3.63) is 47.7 Å². The Hall–Kier alpha value is -2.76. The molecule has 1 aromatic carbocycles. The van der Waals surface area contributed by atoms with E-state index in [4.69, 9.17) is 5.11 Å². The number of carboxylic acid groups (broad SMARTS) is 1. The van der Waals surface area contributed by atoms with Crippen LogP contribution in [0.5, 0.6) is 0 Å². The first kappa shape index (κ1) is 11.3. The topological polar surface area (TPSA) is 80.9 Å². The van der Waals surface area contributed by atoms with E-state index in [1.165, 1.54) is 6.20 Å². The highest BCUT2D eigenvalue weighted by atomic mass is 16.4. The largest absolute Gasteiger partial charge is 0.478 e. The monoisotopic (exact) mass is 254 g/mol. The number of hydrogen-bond donors (Lipinski definition) is 1. The van der Waals surface area contributed by atoms with Crippen molar-refractivity contribution in [2.24, 2.45) is 0 Å². The molecular weight excluding hydrogens is 244 g/mol. The lowest BCUT2D eigenvalue weighted by Gasteiger charge is -2.05. The SMILES string of the molecule is Cc1cc(C(=O)O)cnc1-n1nnc2ccccc21. The van der Waals surface area contributed by atoms with Crippen LogP contribution in [0.15, 0.2) is 36.5 Å². The third-order valence-corrected chi connectivity index (χ3v) is 2.85. The predicted octanol–water partition coefficient (Wildman–Crippen LogP) is 1.82. The maximum Gasteiger partial charge on any atom is 0.337 e. The minimum Gasteiger partial charge on any atom is -0.478 e. The van der Waals surface area contributed by atoms with E-state index in [0.29, 0.717) is 5.82 Å². The molecule has 94 valence electrons. The summed E-state index contributed by atoms with van der Waals surface area (Å²) in [6, 6.07) is 9.10. The van der Waals surface area contributed by atoms with Gasteiger partial charge in [0, 0.05) is 6.20 Å². The van der Waals surface area contributed by atoms with Crippen LogP contribution in [0.2, 0.25) is 0 Å². The number of fused-ring (bicyclic) bond motifs is 1. The summed E-state index contributed by atoms with van der Waals surface area (Å²) < 4.78 is 1.61. The Morgan fingerprint density at radius 1 is 1.32 bits per heavy atom. The highest BCUT2D eigenvalue weighted by Gasteiger charge is 2.12. The van der Waals surface area contributed by atoms with Gasteiger partial charge in [-0.1, -0.05) is 17.3 Å². The standard InChI is InChI=1S/C13H10N4O2/c1-8-6-9(13(18)19)7-14-12(8)17-11-5-3-2-4-10(11)15-16-17/h2-7H,1H3,(H,18,19). The number of para-hydroxylation sites is 1. The quantitative estimate of drug-likeness (QED) is 0.754. The zero-order valence-corrected chi connectivity index (χ0v) is 10.1. The molecule has 3 aromatic rings. The summed E-state index contributed by atoms with van der Waals surface area (Å²) in [6.45, 7) is 1.80. The second kappa shape index (κ2) is 4.16. The second-order valence-electron chi connectivity index (χ2n) is 4.16. The first-order valence-corrected chi connectivity index (χ1v) is 5.67. The molecule has 0 spiro atoms. The van der Waals surface area contributed by atoms with Crippen LogP contribution >= 0.6 is 0 Å². The lowest BCUT2D eigenvalue weighted by atomic mass is 10.2. The third-order valence-electron chi connectivity index (χ3n) is 2.85.